The molecule has 3 rings (SSSR count). The lowest BCUT2D eigenvalue weighted by Gasteiger charge is -2.16. The maximum Gasteiger partial charge on any atom is 0.266 e. The summed E-state index contributed by atoms with van der Waals surface area (Å²) in [5.41, 5.74) is 2.31. The molecule has 3 aromatic rings. The van der Waals surface area contributed by atoms with Crippen LogP contribution in [0.3, 0.4) is 0 Å². The number of para-hydroxylation sites is 1. The number of aromatic nitrogens is 1. The Morgan fingerprint density at radius 1 is 1.15 bits per heavy atom. The van der Waals surface area contributed by atoms with E-state index in [2.05, 4.69) is 4.98 Å². The van der Waals surface area contributed by atoms with Crippen molar-refractivity contribution in [3.05, 3.63) is 80.7 Å². The minimum absolute atomic E-state index is 0.0326. The Balaban J connectivity index is 2.09. The van der Waals surface area contributed by atoms with Crippen LogP contribution in [-0.4, -0.2) is 12.1 Å². The molecule has 0 aliphatic carbocycles. The zero-order valence-corrected chi connectivity index (χ0v) is 15.6. The van der Waals surface area contributed by atoms with Gasteiger partial charge in [-0.15, -0.1) is 0 Å². The molecule has 0 spiro atoms. The number of nitrogens with one attached hydrogen (secondary N) is 1. The number of aryl methyl sites for hydroxylation is 1. The Kier molecular flexibility index (Phi) is 5.49. The number of nitrogens with zero attached hydrogens (tertiary/aromatic N) is 1. The lowest BCUT2D eigenvalue weighted by molar-refractivity contribution is 0.286. The third-order valence-corrected chi connectivity index (χ3v) is 4.32. The van der Waals surface area contributed by atoms with E-state index in [1.54, 1.807) is 50.4 Å². The second-order valence-corrected chi connectivity index (χ2v) is 6.37. The van der Waals surface area contributed by atoms with Gasteiger partial charge in [-0.25, -0.2) is 0 Å². The molecule has 0 fully saturated rings. The quantitative estimate of drug-likeness (QED) is 0.708. The minimum Gasteiger partial charge on any atom is -0.493 e. The summed E-state index contributed by atoms with van der Waals surface area (Å²) in [6.45, 7) is 2.05. The van der Waals surface area contributed by atoms with Crippen LogP contribution in [0.2, 0.25) is 5.02 Å². The van der Waals surface area contributed by atoms with Crippen molar-refractivity contribution in [2.75, 3.05) is 7.11 Å². The molecule has 0 saturated carbocycles. The molecule has 0 saturated heterocycles. The van der Waals surface area contributed by atoms with Crippen LogP contribution < -0.4 is 15.0 Å². The predicted molar refractivity (Wildman–Crippen MR) is 104 cm³/mol. The summed E-state index contributed by atoms with van der Waals surface area (Å²) in [6, 6.07) is 16.4. The number of methoxy groups -OCH3 is 1. The Labute approximate surface area is 161 Å². The summed E-state index contributed by atoms with van der Waals surface area (Å²) in [6.07, 6.45) is 0. The summed E-state index contributed by atoms with van der Waals surface area (Å²) >= 11 is 5.92. The number of halogens is 1. The highest BCUT2D eigenvalue weighted by Gasteiger charge is 2.18. The van der Waals surface area contributed by atoms with Gasteiger partial charge in [-0.1, -0.05) is 35.9 Å². The molecule has 27 heavy (non-hydrogen) atoms. The molecular weight excluding hydrogens is 364 g/mol. The molecule has 136 valence electrons. The molecule has 0 bridgehead atoms. The third-order valence-electron chi connectivity index (χ3n) is 4.07. The Morgan fingerprint density at radius 2 is 1.89 bits per heavy atom. The Hall–Kier alpha value is -3.23. The summed E-state index contributed by atoms with van der Waals surface area (Å²) in [7, 11) is 1.54. The maximum atomic E-state index is 12.2. The van der Waals surface area contributed by atoms with E-state index in [1.807, 2.05) is 18.2 Å². The summed E-state index contributed by atoms with van der Waals surface area (Å²) in [4.78, 5) is 14.8. The highest BCUT2D eigenvalue weighted by atomic mass is 35.5. The lowest BCUT2D eigenvalue weighted by atomic mass is 9.99. The molecule has 2 aromatic carbocycles. The molecule has 1 aromatic heterocycles. The first-order chi connectivity index (χ1) is 13.0. The van der Waals surface area contributed by atoms with Crippen LogP contribution in [0.1, 0.15) is 16.8 Å². The van der Waals surface area contributed by atoms with Gasteiger partial charge in [0.2, 0.25) is 0 Å². The number of hydrogen-bond donors (Lipinski definition) is 1. The number of nitriles is 1. The topological polar surface area (TPSA) is 75.1 Å². The number of aromatic amines is 1. The molecule has 0 unspecified atom stereocenters. The van der Waals surface area contributed by atoms with Crippen molar-refractivity contribution in [2.45, 2.75) is 13.5 Å². The first-order valence-corrected chi connectivity index (χ1v) is 8.60. The molecule has 0 aliphatic heterocycles. The monoisotopic (exact) mass is 380 g/mol. The van der Waals surface area contributed by atoms with Crippen molar-refractivity contribution in [3.8, 4) is 28.7 Å². The number of hydrogen-bond acceptors (Lipinski definition) is 4. The number of benzene rings is 2. The largest absolute Gasteiger partial charge is 0.493 e. The van der Waals surface area contributed by atoms with Crippen LogP contribution in [0, 0.1) is 18.3 Å². The van der Waals surface area contributed by atoms with Crippen LogP contribution in [0.5, 0.6) is 11.5 Å². The summed E-state index contributed by atoms with van der Waals surface area (Å²) < 4.78 is 11.5. The Bertz CT molecular complexity index is 1070. The van der Waals surface area contributed by atoms with Crippen molar-refractivity contribution in [2.24, 2.45) is 0 Å². The molecular formula is C21H17ClN2O3. The molecule has 1 heterocycles. The molecule has 0 amide bonds. The number of pyridine rings is 1. The van der Waals surface area contributed by atoms with Gasteiger partial charge in [0.1, 0.15) is 18.2 Å². The van der Waals surface area contributed by atoms with E-state index in [-0.39, 0.29) is 12.2 Å². The predicted octanol–water partition coefficient (Wildman–Crippen LogP) is 4.46. The van der Waals surface area contributed by atoms with E-state index in [4.69, 9.17) is 21.1 Å². The minimum atomic E-state index is -0.432. The van der Waals surface area contributed by atoms with E-state index < -0.39 is 5.56 Å². The van der Waals surface area contributed by atoms with E-state index in [0.29, 0.717) is 33.3 Å². The number of H-pyrrole nitrogens is 1. The van der Waals surface area contributed by atoms with Crippen LogP contribution in [0.25, 0.3) is 11.1 Å². The summed E-state index contributed by atoms with van der Waals surface area (Å²) in [5.74, 6) is 0.986. The number of rotatable bonds is 5. The number of ether oxygens (including phenoxy) is 2. The van der Waals surface area contributed by atoms with E-state index in [0.717, 1.165) is 5.56 Å². The average molecular weight is 381 g/mol. The van der Waals surface area contributed by atoms with Crippen LogP contribution in [-0.2, 0) is 6.61 Å². The third kappa shape index (κ3) is 3.97. The molecule has 5 nitrogen and oxygen atoms in total. The van der Waals surface area contributed by atoms with E-state index >= 15 is 0 Å². The zero-order valence-electron chi connectivity index (χ0n) is 14.9. The van der Waals surface area contributed by atoms with Gasteiger partial charge in [0.15, 0.2) is 11.5 Å². The molecule has 0 radical (unpaired) electrons. The van der Waals surface area contributed by atoms with Gasteiger partial charge < -0.3 is 14.5 Å². The second kappa shape index (κ2) is 7.98. The van der Waals surface area contributed by atoms with Gasteiger partial charge in [0.05, 0.1) is 7.11 Å². The zero-order chi connectivity index (χ0) is 19.4. The smallest absolute Gasteiger partial charge is 0.266 e. The summed E-state index contributed by atoms with van der Waals surface area (Å²) in [5, 5.41) is 10.1. The van der Waals surface area contributed by atoms with Crippen molar-refractivity contribution in [3.63, 3.8) is 0 Å². The van der Waals surface area contributed by atoms with Crippen molar-refractivity contribution in [1.29, 1.82) is 5.26 Å². The Morgan fingerprint density at radius 3 is 2.56 bits per heavy atom. The fraction of sp³-hybridized carbons (Fsp3) is 0.143. The lowest BCUT2D eigenvalue weighted by Crippen LogP contribution is -2.13. The molecule has 0 aliphatic rings. The first kappa shape index (κ1) is 18.6. The van der Waals surface area contributed by atoms with E-state index in [9.17, 15) is 10.1 Å². The van der Waals surface area contributed by atoms with Crippen molar-refractivity contribution < 1.29 is 9.47 Å². The van der Waals surface area contributed by atoms with Crippen LogP contribution in [0.15, 0.2) is 53.3 Å². The molecule has 6 heteroatoms. The highest BCUT2D eigenvalue weighted by Crippen LogP contribution is 2.39. The van der Waals surface area contributed by atoms with Crippen molar-refractivity contribution >= 4 is 11.6 Å². The normalized spacial score (nSPS) is 10.3. The molecule has 1 N–H and O–H groups in total. The van der Waals surface area contributed by atoms with Gasteiger partial charge in [0.25, 0.3) is 5.56 Å². The maximum absolute atomic E-state index is 12.2. The van der Waals surface area contributed by atoms with Gasteiger partial charge in [-0.05, 0) is 36.8 Å². The van der Waals surface area contributed by atoms with E-state index in [1.165, 1.54) is 0 Å². The van der Waals surface area contributed by atoms with Gasteiger partial charge >= 0.3 is 0 Å². The average Bonchev–Trinajstić information content (AvgIpc) is 2.66. The standard InChI is InChI=1S/C21H17ClN2O3/c1-13-10-17(18(11-23)21(25)24-13)16-4-3-5-19(26-2)20(16)27-12-14-6-8-15(22)9-7-14/h3-10H,12H2,1-2H3,(H,24,25). The second-order valence-electron chi connectivity index (χ2n) is 5.93. The van der Waals surface area contributed by atoms with Gasteiger partial charge in [-0.3, -0.25) is 4.79 Å². The highest BCUT2D eigenvalue weighted by molar-refractivity contribution is 6.30. The SMILES string of the molecule is COc1cccc(-c2cc(C)[nH]c(=O)c2C#N)c1OCc1ccc(Cl)cc1. The first-order valence-electron chi connectivity index (χ1n) is 8.22. The fourth-order valence-corrected chi connectivity index (χ4v) is 2.91. The van der Waals surface area contributed by atoms with Crippen LogP contribution >= 0.6 is 11.6 Å². The fourth-order valence-electron chi connectivity index (χ4n) is 2.79. The van der Waals surface area contributed by atoms with Crippen LogP contribution in [0.4, 0.5) is 0 Å². The van der Waals surface area contributed by atoms with Crippen molar-refractivity contribution in [1.82, 2.24) is 4.98 Å². The van der Waals surface area contributed by atoms with Gasteiger partial charge in [-0.2, -0.15) is 5.26 Å². The molecule has 0 atom stereocenters. The van der Waals surface area contributed by atoms with Gasteiger partial charge in [0, 0.05) is 21.8 Å².